The second-order valence-electron chi connectivity index (χ2n) is 9.87. The van der Waals surface area contributed by atoms with Gasteiger partial charge in [0.15, 0.2) is 21.4 Å². The highest BCUT2D eigenvalue weighted by Crippen LogP contribution is 2.27. The summed E-state index contributed by atoms with van der Waals surface area (Å²) in [5.74, 6) is -0.520. The van der Waals surface area contributed by atoms with E-state index in [4.69, 9.17) is 14.6 Å². The van der Waals surface area contributed by atoms with Crippen molar-refractivity contribution in [2.45, 2.75) is 50.8 Å². The third kappa shape index (κ3) is 8.39. The average Bonchev–Trinajstić information content (AvgIpc) is 3.21. The molecule has 0 saturated heterocycles. The third-order valence-electron chi connectivity index (χ3n) is 6.30. The zero-order valence-electron chi connectivity index (χ0n) is 23.3. The Kier molecular flexibility index (Phi) is 10.6. The molecule has 13 nitrogen and oxygen atoms in total. The lowest BCUT2D eigenvalue weighted by atomic mass is 10.0. The summed E-state index contributed by atoms with van der Waals surface area (Å²) in [5, 5.41) is 16.0. The number of hydrogen-bond acceptors (Lipinski definition) is 9. The number of hydrogen-bond donors (Lipinski definition) is 4. The van der Waals surface area contributed by atoms with Crippen LogP contribution in [0.15, 0.2) is 41.5 Å². The van der Waals surface area contributed by atoms with Crippen LogP contribution in [0.1, 0.15) is 38.7 Å². The van der Waals surface area contributed by atoms with Crippen LogP contribution in [0.3, 0.4) is 0 Å². The summed E-state index contributed by atoms with van der Waals surface area (Å²) in [4.78, 5) is 44.8. The van der Waals surface area contributed by atoms with Gasteiger partial charge in [0, 0.05) is 12.6 Å². The Labute approximate surface area is 238 Å². The Morgan fingerprint density at radius 3 is 2.49 bits per heavy atom. The lowest BCUT2D eigenvalue weighted by Crippen LogP contribution is -2.45. The molecule has 0 saturated carbocycles. The minimum Gasteiger partial charge on any atom is -0.495 e. The summed E-state index contributed by atoms with van der Waals surface area (Å²) in [6.07, 6.45) is 1.45. The molecule has 0 radical (unpaired) electrons. The van der Waals surface area contributed by atoms with Gasteiger partial charge >= 0.3 is 12.0 Å². The lowest BCUT2D eigenvalue weighted by molar-refractivity contribution is -0.137. The summed E-state index contributed by atoms with van der Waals surface area (Å²) in [5.41, 5.74) is 0.913. The van der Waals surface area contributed by atoms with Crippen LogP contribution in [-0.2, 0) is 25.8 Å². The largest absolute Gasteiger partial charge is 0.495 e. The number of nitrogens with zero attached hydrogens (tertiary/aromatic N) is 2. The Hall–Kier alpha value is -4.20. The van der Waals surface area contributed by atoms with Crippen LogP contribution in [0.5, 0.6) is 11.5 Å². The molecule has 1 aliphatic heterocycles. The predicted molar refractivity (Wildman–Crippen MR) is 153 cm³/mol. The smallest absolute Gasteiger partial charge is 0.325 e. The fraction of sp³-hybridized carbons (Fsp3) is 0.444. The van der Waals surface area contributed by atoms with Crippen molar-refractivity contribution in [3.8, 4) is 11.5 Å². The number of pyridine rings is 1. The molecule has 0 spiro atoms. The Morgan fingerprint density at radius 1 is 1.10 bits per heavy atom. The number of ether oxygens (including phenoxy) is 2. The fourth-order valence-electron chi connectivity index (χ4n) is 4.37. The number of carbonyl (C=O) groups excluding carboxylic acids is 2. The highest BCUT2D eigenvalue weighted by atomic mass is 32.2. The van der Waals surface area contributed by atoms with Crippen molar-refractivity contribution in [1.29, 1.82) is 0 Å². The normalized spacial score (nSPS) is 16.4. The minimum atomic E-state index is -3.85. The Bertz CT molecular complexity index is 1410. The van der Waals surface area contributed by atoms with Crippen LogP contribution in [-0.4, -0.2) is 73.5 Å². The highest BCUT2D eigenvalue weighted by molar-refractivity contribution is 8.07. The Morgan fingerprint density at radius 2 is 1.83 bits per heavy atom. The van der Waals surface area contributed by atoms with Crippen LogP contribution in [0, 0.1) is 5.92 Å². The number of aliphatic carboxylic acids is 1. The van der Waals surface area contributed by atoms with Gasteiger partial charge in [-0.2, -0.15) is 0 Å². The van der Waals surface area contributed by atoms with E-state index in [1.165, 1.54) is 20.4 Å². The molecule has 1 aliphatic rings. The summed E-state index contributed by atoms with van der Waals surface area (Å²) in [6, 6.07) is 6.73. The number of sulfone groups is 1. The molecule has 1 aromatic carbocycles. The number of carboxylic acid groups (broad SMARTS) is 1. The number of aromatic nitrogens is 1. The molecule has 2 aromatic rings. The van der Waals surface area contributed by atoms with E-state index < -0.39 is 39.0 Å². The molecule has 0 fully saturated rings. The number of carboxylic acids is 1. The van der Waals surface area contributed by atoms with Crippen molar-refractivity contribution in [2.75, 3.05) is 31.4 Å². The SMILES string of the molecule is COc1cc(CC(=O)NC(CC(C)C)C2=NCC(CCC(=O)O)S2(=O)=O)ccc1NC(=O)Nc1ncccc1OC. The molecule has 41 heavy (non-hydrogen) atoms. The van der Waals surface area contributed by atoms with Gasteiger partial charge < -0.3 is 25.2 Å². The zero-order valence-corrected chi connectivity index (χ0v) is 24.2. The van der Waals surface area contributed by atoms with Crippen molar-refractivity contribution in [3.63, 3.8) is 0 Å². The predicted octanol–water partition coefficient (Wildman–Crippen LogP) is 2.88. The molecule has 222 valence electrons. The van der Waals surface area contributed by atoms with E-state index >= 15 is 0 Å². The number of methoxy groups -OCH3 is 2. The molecule has 3 amide bonds. The van der Waals surface area contributed by atoms with Crippen LogP contribution >= 0.6 is 0 Å². The highest BCUT2D eigenvalue weighted by Gasteiger charge is 2.40. The van der Waals surface area contributed by atoms with E-state index in [1.807, 2.05) is 13.8 Å². The van der Waals surface area contributed by atoms with Gasteiger partial charge in [0.25, 0.3) is 0 Å². The number of nitrogens with one attached hydrogen (secondary N) is 3. The molecule has 0 bridgehead atoms. The van der Waals surface area contributed by atoms with Gasteiger partial charge in [-0.25, -0.2) is 18.2 Å². The maximum absolute atomic E-state index is 13.1. The molecule has 1 aromatic heterocycles. The number of anilines is 2. The molecule has 0 aliphatic carbocycles. The minimum absolute atomic E-state index is 0.0260. The Balaban J connectivity index is 1.68. The summed E-state index contributed by atoms with van der Waals surface area (Å²) in [6.45, 7) is 3.78. The molecule has 3 rings (SSSR count). The van der Waals surface area contributed by atoms with Gasteiger partial charge in [0.2, 0.25) is 5.91 Å². The first-order valence-electron chi connectivity index (χ1n) is 13.0. The molecule has 2 atom stereocenters. The number of carbonyl (C=O) groups is 3. The maximum Gasteiger partial charge on any atom is 0.325 e. The van der Waals surface area contributed by atoms with Crippen LogP contribution in [0.25, 0.3) is 0 Å². The number of benzene rings is 1. The van der Waals surface area contributed by atoms with Gasteiger partial charge in [0.05, 0.1) is 44.2 Å². The van der Waals surface area contributed by atoms with Gasteiger partial charge in [-0.05, 0) is 48.6 Å². The summed E-state index contributed by atoms with van der Waals surface area (Å²) >= 11 is 0. The van der Waals surface area contributed by atoms with E-state index in [0.717, 1.165) is 0 Å². The van der Waals surface area contributed by atoms with E-state index in [2.05, 4.69) is 25.9 Å². The average molecular weight is 590 g/mol. The van der Waals surface area contributed by atoms with Gasteiger partial charge in [-0.3, -0.25) is 19.9 Å². The van der Waals surface area contributed by atoms with Crippen LogP contribution in [0.4, 0.5) is 16.3 Å². The number of amides is 3. The van der Waals surface area contributed by atoms with Crippen molar-refractivity contribution in [3.05, 3.63) is 42.1 Å². The van der Waals surface area contributed by atoms with Crippen molar-refractivity contribution in [1.82, 2.24) is 10.3 Å². The summed E-state index contributed by atoms with van der Waals surface area (Å²) in [7, 11) is -0.964. The second kappa shape index (κ2) is 13.9. The van der Waals surface area contributed by atoms with Crippen LogP contribution < -0.4 is 25.4 Å². The van der Waals surface area contributed by atoms with E-state index in [9.17, 15) is 22.8 Å². The van der Waals surface area contributed by atoms with Gasteiger partial charge in [0.1, 0.15) is 10.8 Å². The molecular weight excluding hydrogens is 554 g/mol. The molecule has 4 N–H and O–H groups in total. The maximum atomic E-state index is 13.1. The van der Waals surface area contributed by atoms with E-state index in [1.54, 1.807) is 30.3 Å². The molecule has 14 heteroatoms. The van der Waals surface area contributed by atoms with Crippen molar-refractivity contribution in [2.24, 2.45) is 10.9 Å². The topological polar surface area (TPSA) is 185 Å². The third-order valence-corrected chi connectivity index (χ3v) is 8.56. The first-order valence-corrected chi connectivity index (χ1v) is 14.5. The molecule has 2 heterocycles. The van der Waals surface area contributed by atoms with E-state index in [-0.39, 0.29) is 42.6 Å². The van der Waals surface area contributed by atoms with Gasteiger partial charge in [-0.1, -0.05) is 19.9 Å². The fourth-order valence-corrected chi connectivity index (χ4v) is 6.22. The van der Waals surface area contributed by atoms with Crippen molar-refractivity contribution >= 4 is 44.3 Å². The van der Waals surface area contributed by atoms with E-state index in [0.29, 0.717) is 29.2 Å². The summed E-state index contributed by atoms with van der Waals surface area (Å²) < 4.78 is 36.8. The number of urea groups is 1. The lowest BCUT2D eigenvalue weighted by Gasteiger charge is -2.21. The molecular formula is C27H35N5O8S. The van der Waals surface area contributed by atoms with Crippen molar-refractivity contribution < 1.29 is 37.4 Å². The van der Waals surface area contributed by atoms with Crippen LogP contribution in [0.2, 0.25) is 0 Å². The number of aliphatic imine (C=N–C) groups is 1. The molecule has 2 unspecified atom stereocenters. The second-order valence-corrected chi connectivity index (χ2v) is 12.0. The zero-order chi connectivity index (χ0) is 30.2. The first-order chi connectivity index (χ1) is 19.4. The first kappa shape index (κ1) is 31.3. The quantitative estimate of drug-likeness (QED) is 0.273. The monoisotopic (exact) mass is 589 g/mol. The standard InChI is InChI=1S/C27H35N5O8S/c1-16(2)12-20(26-29-15-18(41(26,37)38)8-10-24(34)35)30-23(33)14-17-7-9-19(22(13-17)40-4)31-27(36)32-25-21(39-3)6-5-11-28-25/h5-7,9,11,13,16,18,20H,8,10,12,14-15H2,1-4H3,(H,30,33)(H,34,35)(H2,28,31,32,36). The van der Waals surface area contributed by atoms with Gasteiger partial charge in [-0.15, -0.1) is 0 Å². The number of rotatable bonds is 13.